The van der Waals surface area contributed by atoms with Gasteiger partial charge in [-0.15, -0.1) is 24.8 Å². The van der Waals surface area contributed by atoms with Crippen molar-refractivity contribution in [3.05, 3.63) is 42.0 Å². The van der Waals surface area contributed by atoms with Crippen LogP contribution in [0.2, 0.25) is 0 Å². The Hall–Kier alpha value is -1.63. The van der Waals surface area contributed by atoms with E-state index in [1.165, 1.54) is 18.4 Å². The number of oxazole rings is 1. The summed E-state index contributed by atoms with van der Waals surface area (Å²) in [6.45, 7) is 0.492. The van der Waals surface area contributed by atoms with Crippen molar-refractivity contribution in [2.75, 3.05) is 6.54 Å². The lowest BCUT2D eigenvalue weighted by Crippen LogP contribution is -2.39. The Balaban J connectivity index is 0.00000144. The smallest absolute Gasteiger partial charge is 0.226 e. The van der Waals surface area contributed by atoms with E-state index in [1.807, 2.05) is 0 Å². The molecule has 1 aromatic carbocycles. The predicted molar refractivity (Wildman–Crippen MR) is 93.8 cm³/mol. The van der Waals surface area contributed by atoms with E-state index in [9.17, 15) is 9.18 Å². The number of hydrogen-bond donors (Lipinski definition) is 2. The van der Waals surface area contributed by atoms with E-state index in [0.29, 0.717) is 29.6 Å². The molecule has 2 aromatic rings. The Kier molecular flexibility index (Phi) is 7.66. The molecule has 132 valence electrons. The Bertz CT molecular complexity index is 660. The highest BCUT2D eigenvalue weighted by Gasteiger charge is 2.28. The summed E-state index contributed by atoms with van der Waals surface area (Å²) < 4.78 is 18.2. The van der Waals surface area contributed by atoms with Crippen LogP contribution in [-0.2, 0) is 11.2 Å². The molecule has 0 saturated heterocycles. The predicted octanol–water partition coefficient (Wildman–Crippen LogP) is 2.72. The lowest BCUT2D eigenvalue weighted by atomic mass is 10.2. The number of carbonyl (C=O) groups excluding carboxylic acids is 1. The maximum atomic E-state index is 12.9. The molecule has 1 aromatic heterocycles. The van der Waals surface area contributed by atoms with Gasteiger partial charge < -0.3 is 15.5 Å². The first-order chi connectivity index (χ1) is 10.6. The van der Waals surface area contributed by atoms with Gasteiger partial charge in [0.1, 0.15) is 12.1 Å². The molecule has 0 aliphatic heterocycles. The van der Waals surface area contributed by atoms with Crippen LogP contribution in [0.5, 0.6) is 0 Å². The highest BCUT2D eigenvalue weighted by Crippen LogP contribution is 2.31. The van der Waals surface area contributed by atoms with Gasteiger partial charge in [0.2, 0.25) is 11.8 Å². The number of nitrogens with zero attached hydrogens (tertiary/aromatic N) is 1. The second-order valence-electron chi connectivity index (χ2n) is 5.63. The summed E-state index contributed by atoms with van der Waals surface area (Å²) in [5, 5.41) is 2.81. The number of rotatable bonds is 6. The fraction of sp³-hybridized carbons (Fsp3) is 0.375. The number of hydrogen-bond acceptors (Lipinski definition) is 4. The van der Waals surface area contributed by atoms with Crippen molar-refractivity contribution >= 4 is 30.7 Å². The number of halogens is 3. The standard InChI is InChI=1S/C16H18FN3O2.2ClH/c17-12-5-3-11(4-6-12)16-20-13(9-22-16)7-15(21)19-8-14(18)10-1-2-10;;/h3-6,9-10,14H,1-2,7-8,18H2,(H,19,21);2*1H. The maximum absolute atomic E-state index is 12.9. The van der Waals surface area contributed by atoms with E-state index in [2.05, 4.69) is 10.3 Å². The van der Waals surface area contributed by atoms with Crippen molar-refractivity contribution in [3.8, 4) is 11.5 Å². The van der Waals surface area contributed by atoms with E-state index in [4.69, 9.17) is 10.2 Å². The fourth-order valence-electron chi connectivity index (χ4n) is 2.26. The molecule has 5 nitrogen and oxygen atoms in total. The Morgan fingerprint density at radius 2 is 2.00 bits per heavy atom. The summed E-state index contributed by atoms with van der Waals surface area (Å²) in [4.78, 5) is 16.1. The van der Waals surface area contributed by atoms with Gasteiger partial charge in [-0.3, -0.25) is 4.79 Å². The summed E-state index contributed by atoms with van der Waals surface area (Å²) in [7, 11) is 0. The molecule has 0 bridgehead atoms. The van der Waals surface area contributed by atoms with Gasteiger partial charge in [-0.2, -0.15) is 0 Å². The van der Waals surface area contributed by atoms with Crippen LogP contribution in [0.3, 0.4) is 0 Å². The molecule has 8 heteroatoms. The minimum absolute atomic E-state index is 0. The van der Waals surface area contributed by atoms with Crippen molar-refractivity contribution in [2.24, 2.45) is 11.7 Å². The zero-order valence-corrected chi connectivity index (χ0v) is 14.5. The monoisotopic (exact) mass is 375 g/mol. The van der Waals surface area contributed by atoms with Crippen LogP contribution >= 0.6 is 24.8 Å². The third kappa shape index (κ3) is 5.47. The van der Waals surface area contributed by atoms with Crippen molar-refractivity contribution in [3.63, 3.8) is 0 Å². The van der Waals surface area contributed by atoms with Gasteiger partial charge in [-0.25, -0.2) is 9.37 Å². The van der Waals surface area contributed by atoms with Crippen LogP contribution in [0.4, 0.5) is 4.39 Å². The molecule has 1 amide bonds. The van der Waals surface area contributed by atoms with Crippen LogP contribution < -0.4 is 11.1 Å². The summed E-state index contributed by atoms with van der Waals surface area (Å²) >= 11 is 0. The second kappa shape index (κ2) is 9.01. The number of carbonyl (C=O) groups is 1. The normalized spacial score (nSPS) is 14.2. The molecular weight excluding hydrogens is 356 g/mol. The minimum Gasteiger partial charge on any atom is -0.444 e. The number of nitrogens with two attached hydrogens (primary N) is 1. The largest absolute Gasteiger partial charge is 0.444 e. The molecule has 1 aliphatic rings. The SMILES string of the molecule is Cl.Cl.NC(CNC(=O)Cc1coc(-c2ccc(F)cc2)n1)C1CC1. The molecule has 0 spiro atoms. The van der Waals surface area contributed by atoms with Crippen molar-refractivity contribution < 1.29 is 13.6 Å². The summed E-state index contributed by atoms with van der Waals surface area (Å²) in [6, 6.07) is 5.88. The molecule has 1 heterocycles. The van der Waals surface area contributed by atoms with Gasteiger partial charge in [0.15, 0.2) is 0 Å². The molecule has 24 heavy (non-hydrogen) atoms. The first-order valence-electron chi connectivity index (χ1n) is 7.34. The van der Waals surface area contributed by atoms with E-state index < -0.39 is 0 Å². The second-order valence-corrected chi connectivity index (χ2v) is 5.63. The van der Waals surface area contributed by atoms with Gasteiger partial charge in [0.05, 0.1) is 12.1 Å². The molecule has 1 fully saturated rings. The molecular formula is C16H20Cl2FN3O2. The zero-order valence-electron chi connectivity index (χ0n) is 12.9. The fourth-order valence-corrected chi connectivity index (χ4v) is 2.26. The Morgan fingerprint density at radius 3 is 2.62 bits per heavy atom. The van der Waals surface area contributed by atoms with Gasteiger partial charge in [0.25, 0.3) is 0 Å². The third-order valence-corrected chi connectivity index (χ3v) is 3.75. The van der Waals surface area contributed by atoms with Crippen LogP contribution in [0.25, 0.3) is 11.5 Å². The van der Waals surface area contributed by atoms with Crippen LogP contribution in [-0.4, -0.2) is 23.5 Å². The topological polar surface area (TPSA) is 81.1 Å². The Labute approximate surface area is 152 Å². The Morgan fingerprint density at radius 1 is 1.33 bits per heavy atom. The molecule has 1 atom stereocenters. The maximum Gasteiger partial charge on any atom is 0.226 e. The lowest BCUT2D eigenvalue weighted by molar-refractivity contribution is -0.120. The summed E-state index contributed by atoms with van der Waals surface area (Å²) in [5.74, 6) is 0.479. The molecule has 1 unspecified atom stereocenters. The van der Waals surface area contributed by atoms with Gasteiger partial charge >= 0.3 is 0 Å². The molecule has 3 rings (SSSR count). The number of amides is 1. The number of aromatic nitrogens is 1. The molecule has 1 aliphatic carbocycles. The van der Waals surface area contributed by atoms with Gasteiger partial charge in [-0.1, -0.05) is 0 Å². The highest BCUT2D eigenvalue weighted by molar-refractivity contribution is 5.85. The van der Waals surface area contributed by atoms with Crippen molar-refractivity contribution in [1.29, 1.82) is 0 Å². The van der Waals surface area contributed by atoms with E-state index >= 15 is 0 Å². The van der Waals surface area contributed by atoms with E-state index in [-0.39, 0.29) is 49.0 Å². The lowest BCUT2D eigenvalue weighted by Gasteiger charge is -2.10. The van der Waals surface area contributed by atoms with E-state index in [1.54, 1.807) is 12.1 Å². The molecule has 0 radical (unpaired) electrons. The average molecular weight is 376 g/mol. The van der Waals surface area contributed by atoms with Gasteiger partial charge in [0, 0.05) is 18.2 Å². The van der Waals surface area contributed by atoms with Crippen LogP contribution in [0.1, 0.15) is 18.5 Å². The van der Waals surface area contributed by atoms with Crippen LogP contribution in [0.15, 0.2) is 34.9 Å². The summed E-state index contributed by atoms with van der Waals surface area (Å²) in [6.07, 6.45) is 3.89. The first kappa shape index (κ1) is 20.4. The first-order valence-corrected chi connectivity index (χ1v) is 7.34. The zero-order chi connectivity index (χ0) is 15.5. The van der Waals surface area contributed by atoms with Crippen LogP contribution in [0, 0.1) is 11.7 Å². The molecule has 1 saturated carbocycles. The van der Waals surface area contributed by atoms with Crippen molar-refractivity contribution in [1.82, 2.24) is 10.3 Å². The molecule has 3 N–H and O–H groups in total. The quantitative estimate of drug-likeness (QED) is 0.812. The van der Waals surface area contributed by atoms with Crippen molar-refractivity contribution in [2.45, 2.75) is 25.3 Å². The third-order valence-electron chi connectivity index (χ3n) is 3.75. The highest BCUT2D eigenvalue weighted by atomic mass is 35.5. The average Bonchev–Trinajstić information content (AvgIpc) is 3.26. The number of nitrogens with one attached hydrogen (secondary N) is 1. The number of benzene rings is 1. The summed E-state index contributed by atoms with van der Waals surface area (Å²) in [5.41, 5.74) is 7.14. The minimum atomic E-state index is -0.318. The van der Waals surface area contributed by atoms with Gasteiger partial charge in [-0.05, 0) is 43.0 Å². The van der Waals surface area contributed by atoms with E-state index in [0.717, 1.165) is 12.8 Å².